The van der Waals surface area contributed by atoms with Crippen LogP contribution in [0.4, 0.5) is 4.79 Å². The molecule has 0 aliphatic carbocycles. The van der Waals surface area contributed by atoms with Crippen molar-refractivity contribution in [1.82, 2.24) is 15.5 Å². The minimum absolute atomic E-state index is 0.0621. The molecule has 0 saturated carbocycles. The zero-order valence-corrected chi connectivity index (χ0v) is 19.0. The Balaban J connectivity index is 1.51. The zero-order chi connectivity index (χ0) is 23.3. The molecule has 0 radical (unpaired) electrons. The summed E-state index contributed by atoms with van der Waals surface area (Å²) in [5.41, 5.74) is 1.78. The van der Waals surface area contributed by atoms with Crippen molar-refractivity contribution in [3.8, 4) is 0 Å². The number of likely N-dealkylation sites (tertiary alicyclic amines) is 1. The van der Waals surface area contributed by atoms with Gasteiger partial charge in [-0.2, -0.15) is 0 Å². The van der Waals surface area contributed by atoms with Gasteiger partial charge in [-0.15, -0.1) is 0 Å². The lowest BCUT2D eigenvalue weighted by Crippen LogP contribution is -2.48. The van der Waals surface area contributed by atoms with E-state index >= 15 is 0 Å². The second-order valence-corrected chi connectivity index (χ2v) is 8.28. The molecule has 2 aromatic rings. The highest BCUT2D eigenvalue weighted by Gasteiger charge is 2.23. The number of amides is 3. The monoisotopic (exact) mass is 451 g/mol. The molecule has 2 aromatic carbocycles. The van der Waals surface area contributed by atoms with Crippen molar-refractivity contribution in [2.24, 2.45) is 0 Å². The van der Waals surface area contributed by atoms with Gasteiger partial charge in [0.25, 0.3) is 0 Å². The molecule has 0 aromatic heterocycles. The van der Waals surface area contributed by atoms with Crippen molar-refractivity contribution in [3.63, 3.8) is 0 Å². The maximum atomic E-state index is 12.9. The number of hydrogen-bond acceptors (Lipinski definition) is 4. The first-order valence-electron chi connectivity index (χ1n) is 11.7. The van der Waals surface area contributed by atoms with Crippen molar-refractivity contribution >= 4 is 17.9 Å². The average molecular weight is 452 g/mol. The molecule has 1 fully saturated rings. The molecule has 1 heterocycles. The maximum Gasteiger partial charge on any atom is 0.408 e. The SMILES string of the molecule is O=C(N[C@@H](Cc1ccccc1)C(=O)NCCC(=O)N1CCCCCC1)OCc1ccccc1. The highest BCUT2D eigenvalue weighted by atomic mass is 16.5. The minimum Gasteiger partial charge on any atom is -0.445 e. The van der Waals surface area contributed by atoms with Crippen molar-refractivity contribution in [1.29, 1.82) is 0 Å². The fourth-order valence-electron chi connectivity index (χ4n) is 3.86. The second-order valence-electron chi connectivity index (χ2n) is 8.28. The summed E-state index contributed by atoms with van der Waals surface area (Å²) >= 11 is 0. The van der Waals surface area contributed by atoms with Crippen LogP contribution in [0.1, 0.15) is 43.2 Å². The number of nitrogens with zero attached hydrogens (tertiary/aromatic N) is 1. The molecule has 1 atom stereocenters. The molecule has 7 heteroatoms. The van der Waals surface area contributed by atoms with E-state index in [0.717, 1.165) is 49.9 Å². The fourth-order valence-corrected chi connectivity index (χ4v) is 3.86. The summed E-state index contributed by atoms with van der Waals surface area (Å²) in [6.07, 6.45) is 4.31. The van der Waals surface area contributed by atoms with Crippen LogP contribution in [0.15, 0.2) is 60.7 Å². The van der Waals surface area contributed by atoms with Crippen LogP contribution in [0, 0.1) is 0 Å². The van der Waals surface area contributed by atoms with E-state index in [1.54, 1.807) is 0 Å². The molecule has 0 unspecified atom stereocenters. The number of benzene rings is 2. The summed E-state index contributed by atoms with van der Waals surface area (Å²) in [6, 6.07) is 18.0. The Morgan fingerprint density at radius 2 is 1.45 bits per heavy atom. The number of rotatable bonds is 9. The standard InChI is InChI=1S/C26H33N3O4/c30-24(29-17-9-1-2-10-18-29)15-16-27-25(31)23(19-21-11-5-3-6-12-21)28-26(32)33-20-22-13-7-4-8-14-22/h3-8,11-14,23H,1-2,9-10,15-20H2,(H,27,31)(H,28,32)/t23-/m0/s1. The van der Waals surface area contributed by atoms with E-state index in [-0.39, 0.29) is 31.4 Å². The maximum absolute atomic E-state index is 12.9. The molecule has 176 valence electrons. The van der Waals surface area contributed by atoms with Gasteiger partial charge in [0.15, 0.2) is 0 Å². The third-order valence-electron chi connectivity index (χ3n) is 5.70. The number of carbonyl (C=O) groups is 3. The van der Waals surface area contributed by atoms with Crippen LogP contribution in [0.2, 0.25) is 0 Å². The van der Waals surface area contributed by atoms with Gasteiger partial charge in [0.2, 0.25) is 11.8 Å². The molecule has 0 spiro atoms. The largest absolute Gasteiger partial charge is 0.445 e. The van der Waals surface area contributed by atoms with Gasteiger partial charge in [-0.3, -0.25) is 9.59 Å². The van der Waals surface area contributed by atoms with Gasteiger partial charge in [-0.1, -0.05) is 73.5 Å². The first-order chi connectivity index (χ1) is 16.1. The quantitative estimate of drug-likeness (QED) is 0.611. The van der Waals surface area contributed by atoms with Crippen LogP contribution >= 0.6 is 0 Å². The average Bonchev–Trinajstić information content (AvgIpc) is 3.13. The molecule has 3 rings (SSSR count). The van der Waals surface area contributed by atoms with Crippen LogP contribution in [0.5, 0.6) is 0 Å². The van der Waals surface area contributed by atoms with Crippen LogP contribution in [-0.2, 0) is 27.4 Å². The molecule has 1 saturated heterocycles. The number of ether oxygens (including phenoxy) is 1. The van der Waals surface area contributed by atoms with E-state index in [1.165, 1.54) is 0 Å². The summed E-state index contributed by atoms with van der Waals surface area (Å²) in [5.74, 6) is -0.272. The molecule has 3 amide bonds. The van der Waals surface area contributed by atoms with Gasteiger partial charge in [-0.25, -0.2) is 4.79 Å². The molecule has 1 aliphatic rings. The van der Waals surface area contributed by atoms with Gasteiger partial charge in [0.05, 0.1) is 0 Å². The van der Waals surface area contributed by atoms with Crippen molar-refractivity contribution < 1.29 is 19.1 Å². The van der Waals surface area contributed by atoms with E-state index < -0.39 is 12.1 Å². The van der Waals surface area contributed by atoms with Crippen LogP contribution in [0.25, 0.3) is 0 Å². The molecule has 1 aliphatic heterocycles. The van der Waals surface area contributed by atoms with Crippen molar-refractivity contribution in [2.45, 2.75) is 51.2 Å². The lowest BCUT2D eigenvalue weighted by atomic mass is 10.1. The number of hydrogen-bond donors (Lipinski definition) is 2. The molecular formula is C26H33N3O4. The van der Waals surface area contributed by atoms with E-state index in [9.17, 15) is 14.4 Å². The van der Waals surface area contributed by atoms with E-state index in [4.69, 9.17) is 4.74 Å². The predicted octanol–water partition coefficient (Wildman–Crippen LogP) is 3.43. The Kier molecular flexibility index (Phi) is 9.76. The molecule has 7 nitrogen and oxygen atoms in total. The summed E-state index contributed by atoms with van der Waals surface area (Å²) in [4.78, 5) is 39.6. The second kappa shape index (κ2) is 13.3. The summed E-state index contributed by atoms with van der Waals surface area (Å²) in [6.45, 7) is 1.94. The van der Waals surface area contributed by atoms with Gasteiger partial charge < -0.3 is 20.3 Å². The Bertz CT molecular complexity index is 881. The highest BCUT2D eigenvalue weighted by molar-refractivity contribution is 5.86. The lowest BCUT2D eigenvalue weighted by Gasteiger charge is -2.21. The van der Waals surface area contributed by atoms with Gasteiger partial charge in [0.1, 0.15) is 12.6 Å². The zero-order valence-electron chi connectivity index (χ0n) is 19.0. The van der Waals surface area contributed by atoms with E-state index in [1.807, 2.05) is 65.6 Å². The van der Waals surface area contributed by atoms with Gasteiger partial charge in [-0.05, 0) is 24.0 Å². The first kappa shape index (κ1) is 24.3. The Morgan fingerprint density at radius 3 is 2.09 bits per heavy atom. The van der Waals surface area contributed by atoms with Crippen LogP contribution in [0.3, 0.4) is 0 Å². The van der Waals surface area contributed by atoms with Crippen LogP contribution < -0.4 is 10.6 Å². The van der Waals surface area contributed by atoms with Gasteiger partial charge in [0, 0.05) is 32.5 Å². The van der Waals surface area contributed by atoms with Crippen molar-refractivity contribution in [3.05, 3.63) is 71.8 Å². The topological polar surface area (TPSA) is 87.7 Å². The van der Waals surface area contributed by atoms with E-state index in [0.29, 0.717) is 6.42 Å². The predicted molar refractivity (Wildman–Crippen MR) is 126 cm³/mol. The molecule has 33 heavy (non-hydrogen) atoms. The van der Waals surface area contributed by atoms with E-state index in [2.05, 4.69) is 10.6 Å². The minimum atomic E-state index is -0.802. The molecule has 2 N–H and O–H groups in total. The summed E-state index contributed by atoms with van der Waals surface area (Å²) in [7, 11) is 0. The van der Waals surface area contributed by atoms with Crippen molar-refractivity contribution in [2.75, 3.05) is 19.6 Å². The van der Waals surface area contributed by atoms with Crippen LogP contribution in [-0.4, -0.2) is 48.5 Å². The third-order valence-corrected chi connectivity index (χ3v) is 5.70. The lowest BCUT2D eigenvalue weighted by molar-refractivity contribution is -0.131. The highest BCUT2D eigenvalue weighted by Crippen LogP contribution is 2.10. The third kappa shape index (κ3) is 8.60. The smallest absolute Gasteiger partial charge is 0.408 e. The summed E-state index contributed by atoms with van der Waals surface area (Å²) in [5, 5.41) is 5.49. The number of alkyl carbamates (subject to hydrolysis) is 1. The van der Waals surface area contributed by atoms with Gasteiger partial charge >= 0.3 is 6.09 Å². The normalized spacial score (nSPS) is 14.6. The Hall–Kier alpha value is -3.35. The Morgan fingerprint density at radius 1 is 0.848 bits per heavy atom. The Labute approximate surface area is 195 Å². The number of carbonyl (C=O) groups excluding carboxylic acids is 3. The summed E-state index contributed by atoms with van der Waals surface area (Å²) < 4.78 is 5.29. The molecular weight excluding hydrogens is 418 g/mol. The first-order valence-corrected chi connectivity index (χ1v) is 11.7. The molecule has 0 bridgehead atoms. The number of nitrogens with one attached hydrogen (secondary N) is 2. The fraction of sp³-hybridized carbons (Fsp3) is 0.423.